The Morgan fingerprint density at radius 2 is 1.97 bits per heavy atom. The van der Waals surface area contributed by atoms with Crippen LogP contribution in [0, 0.1) is 5.41 Å². The highest BCUT2D eigenvalue weighted by atomic mass is 16.5. The van der Waals surface area contributed by atoms with Crippen LogP contribution in [0.25, 0.3) is 16.7 Å². The Hall–Kier alpha value is -3.94. The summed E-state index contributed by atoms with van der Waals surface area (Å²) in [4.78, 5) is 30.8. The van der Waals surface area contributed by atoms with Gasteiger partial charge in [-0.1, -0.05) is 31.5 Å². The number of methoxy groups -OCH3 is 1. The van der Waals surface area contributed by atoms with Gasteiger partial charge in [-0.25, -0.2) is 4.98 Å². The lowest BCUT2D eigenvalue weighted by molar-refractivity contribution is 0.0950. The average Bonchev–Trinajstić information content (AvgIpc) is 2.84. The molecule has 3 heterocycles. The molecule has 0 bridgehead atoms. The fourth-order valence-corrected chi connectivity index (χ4v) is 3.78. The normalized spacial score (nSPS) is 11.1. The zero-order valence-electron chi connectivity index (χ0n) is 18.8. The lowest BCUT2D eigenvalue weighted by Gasteiger charge is -2.15. The molecule has 33 heavy (non-hydrogen) atoms. The zero-order chi connectivity index (χ0) is 23.4. The number of unbranched alkanes of at least 4 members (excludes halogenated alkanes) is 1. The van der Waals surface area contributed by atoms with E-state index in [1.165, 1.54) is 10.5 Å². The van der Waals surface area contributed by atoms with Gasteiger partial charge < -0.3 is 14.6 Å². The number of nitrogens with zero attached hydrogens (tertiary/aromatic N) is 3. The smallest absolute Gasteiger partial charge is 0.267 e. The van der Waals surface area contributed by atoms with Crippen molar-refractivity contribution in [2.75, 3.05) is 13.7 Å². The molecule has 0 fully saturated rings. The molecular weight excluding hydrogens is 418 g/mol. The molecule has 4 rings (SSSR count). The maximum atomic E-state index is 13.2. The third-order valence-corrected chi connectivity index (χ3v) is 5.66. The summed E-state index contributed by atoms with van der Waals surface area (Å²) in [5.74, 6) is 0.413. The van der Waals surface area contributed by atoms with Gasteiger partial charge in [-0.05, 0) is 48.7 Å². The number of rotatable bonds is 8. The lowest BCUT2D eigenvalue weighted by atomic mass is 10.1. The summed E-state index contributed by atoms with van der Waals surface area (Å²) in [6.07, 6.45) is 4.05. The van der Waals surface area contributed by atoms with Crippen LogP contribution in [-0.2, 0) is 13.0 Å². The molecule has 0 aliphatic rings. The minimum Gasteiger partial charge on any atom is -0.497 e. The van der Waals surface area contributed by atoms with Crippen LogP contribution >= 0.6 is 0 Å². The van der Waals surface area contributed by atoms with Crippen LogP contribution in [0.4, 0.5) is 0 Å². The van der Waals surface area contributed by atoms with Crippen molar-refractivity contribution in [2.45, 2.75) is 32.7 Å². The maximum Gasteiger partial charge on any atom is 0.267 e. The van der Waals surface area contributed by atoms with E-state index >= 15 is 0 Å². The first kappa shape index (κ1) is 22.3. The molecule has 0 saturated carbocycles. The van der Waals surface area contributed by atoms with Crippen molar-refractivity contribution in [1.82, 2.24) is 19.3 Å². The molecule has 2 N–H and O–H groups in total. The van der Waals surface area contributed by atoms with Crippen LogP contribution in [0.1, 0.15) is 35.7 Å². The van der Waals surface area contributed by atoms with Gasteiger partial charge in [0, 0.05) is 19.3 Å². The number of ether oxygens (including phenoxy) is 1. The van der Waals surface area contributed by atoms with Crippen molar-refractivity contribution in [3.05, 3.63) is 81.7 Å². The molecule has 3 aromatic heterocycles. The third kappa shape index (κ3) is 4.50. The molecule has 8 nitrogen and oxygen atoms in total. The standard InChI is InChI=1S/C25H27N5O3/c1-3-4-13-27-24(31)19-16-20-23(28-21-7-5-6-14-29(21)25(20)32)30(22(19)26)15-12-17-8-10-18(33-2)11-9-17/h5-11,14,16,26H,3-4,12-13,15H2,1-2H3,(H,27,31). The summed E-state index contributed by atoms with van der Waals surface area (Å²) in [7, 11) is 1.62. The maximum absolute atomic E-state index is 13.2. The van der Waals surface area contributed by atoms with Crippen molar-refractivity contribution in [3.8, 4) is 5.75 Å². The number of aryl methyl sites for hydroxylation is 2. The number of amides is 1. The monoisotopic (exact) mass is 445 g/mol. The summed E-state index contributed by atoms with van der Waals surface area (Å²) in [6, 6.07) is 14.5. The number of pyridine rings is 2. The van der Waals surface area contributed by atoms with Gasteiger partial charge in [-0.3, -0.25) is 19.4 Å². The predicted octanol–water partition coefficient (Wildman–Crippen LogP) is 2.91. The molecule has 8 heteroatoms. The number of nitrogens with one attached hydrogen (secondary N) is 2. The van der Waals surface area contributed by atoms with Gasteiger partial charge in [0.05, 0.1) is 18.1 Å². The Morgan fingerprint density at radius 1 is 1.18 bits per heavy atom. The van der Waals surface area contributed by atoms with Crippen molar-refractivity contribution in [1.29, 1.82) is 5.41 Å². The molecule has 0 saturated heterocycles. The molecule has 0 spiro atoms. The number of benzene rings is 1. The molecular formula is C25H27N5O3. The van der Waals surface area contributed by atoms with E-state index in [4.69, 9.17) is 10.1 Å². The van der Waals surface area contributed by atoms with E-state index in [1.807, 2.05) is 37.3 Å². The summed E-state index contributed by atoms with van der Waals surface area (Å²) < 4.78 is 8.33. The fourth-order valence-electron chi connectivity index (χ4n) is 3.78. The molecule has 1 aromatic carbocycles. The van der Waals surface area contributed by atoms with Crippen LogP contribution < -0.4 is 21.1 Å². The zero-order valence-corrected chi connectivity index (χ0v) is 18.8. The van der Waals surface area contributed by atoms with Gasteiger partial charge in [-0.2, -0.15) is 0 Å². The molecule has 1 amide bonds. The molecule has 0 radical (unpaired) electrons. The minimum atomic E-state index is -0.355. The highest BCUT2D eigenvalue weighted by molar-refractivity contribution is 5.96. The molecule has 0 aliphatic heterocycles. The van der Waals surface area contributed by atoms with Crippen LogP contribution in [0.3, 0.4) is 0 Å². The summed E-state index contributed by atoms with van der Waals surface area (Å²) in [5.41, 5.74) is 1.88. The largest absolute Gasteiger partial charge is 0.497 e. The Labute approximate surface area is 191 Å². The molecule has 0 unspecified atom stereocenters. The van der Waals surface area contributed by atoms with Crippen molar-refractivity contribution < 1.29 is 9.53 Å². The second kappa shape index (κ2) is 9.68. The predicted molar refractivity (Wildman–Crippen MR) is 127 cm³/mol. The molecule has 170 valence electrons. The van der Waals surface area contributed by atoms with Crippen molar-refractivity contribution >= 4 is 22.6 Å². The first-order valence-corrected chi connectivity index (χ1v) is 11.0. The molecule has 4 aromatic rings. The highest BCUT2D eigenvalue weighted by Crippen LogP contribution is 2.14. The van der Waals surface area contributed by atoms with Gasteiger partial charge in [0.2, 0.25) is 0 Å². The number of hydrogen-bond donors (Lipinski definition) is 2. The van der Waals surface area contributed by atoms with Gasteiger partial charge in [0.25, 0.3) is 11.5 Å². The van der Waals surface area contributed by atoms with Crippen LogP contribution in [0.5, 0.6) is 5.75 Å². The Morgan fingerprint density at radius 3 is 2.70 bits per heavy atom. The second-order valence-corrected chi connectivity index (χ2v) is 7.85. The third-order valence-electron chi connectivity index (χ3n) is 5.66. The van der Waals surface area contributed by atoms with Gasteiger partial charge in [-0.15, -0.1) is 0 Å². The van der Waals surface area contributed by atoms with Crippen molar-refractivity contribution in [3.63, 3.8) is 0 Å². The van der Waals surface area contributed by atoms with Gasteiger partial charge >= 0.3 is 0 Å². The number of carbonyl (C=O) groups is 1. The first-order valence-electron chi connectivity index (χ1n) is 11.0. The fraction of sp³-hybridized carbons (Fsp3) is 0.280. The number of fused-ring (bicyclic) bond motifs is 2. The Balaban J connectivity index is 1.83. The van der Waals surface area contributed by atoms with E-state index in [9.17, 15) is 9.59 Å². The van der Waals surface area contributed by atoms with Crippen molar-refractivity contribution in [2.24, 2.45) is 0 Å². The summed E-state index contributed by atoms with van der Waals surface area (Å²) in [5, 5.41) is 12.0. The average molecular weight is 446 g/mol. The lowest BCUT2D eigenvalue weighted by Crippen LogP contribution is -2.35. The first-order chi connectivity index (χ1) is 16.0. The topological polar surface area (TPSA) is 101 Å². The second-order valence-electron chi connectivity index (χ2n) is 7.85. The number of hydrogen-bond acceptors (Lipinski definition) is 5. The van der Waals surface area contributed by atoms with E-state index in [0.717, 1.165) is 24.2 Å². The number of carbonyl (C=O) groups excluding carboxylic acids is 1. The summed E-state index contributed by atoms with van der Waals surface area (Å²) in [6.45, 7) is 2.96. The Bertz CT molecular complexity index is 1420. The molecule has 0 aliphatic carbocycles. The Kier molecular flexibility index (Phi) is 6.53. The van der Waals surface area contributed by atoms with E-state index in [-0.39, 0.29) is 22.5 Å². The SMILES string of the molecule is CCCCNC(=O)c1cc2c(=O)n3ccccc3nc2n(CCc2ccc(OC)cc2)c1=N. The van der Waals surface area contributed by atoms with Gasteiger partial charge in [0.15, 0.2) is 0 Å². The van der Waals surface area contributed by atoms with Crippen LogP contribution in [0.2, 0.25) is 0 Å². The molecule has 0 atom stereocenters. The minimum absolute atomic E-state index is 0.0391. The van der Waals surface area contributed by atoms with E-state index < -0.39 is 0 Å². The van der Waals surface area contributed by atoms with E-state index in [2.05, 4.69) is 10.3 Å². The quantitative estimate of drug-likeness (QED) is 0.322. The van der Waals surface area contributed by atoms with E-state index in [1.54, 1.807) is 30.0 Å². The van der Waals surface area contributed by atoms with Gasteiger partial charge in [0.1, 0.15) is 22.5 Å². The summed E-state index contributed by atoms with van der Waals surface area (Å²) >= 11 is 0. The van der Waals surface area contributed by atoms with Crippen LogP contribution in [0.15, 0.2) is 59.5 Å². The van der Waals surface area contributed by atoms with Crippen LogP contribution in [-0.4, -0.2) is 33.5 Å². The highest BCUT2D eigenvalue weighted by Gasteiger charge is 2.17. The van der Waals surface area contributed by atoms with E-state index in [0.29, 0.717) is 36.2 Å². The number of aromatic nitrogens is 3.